The van der Waals surface area contributed by atoms with Crippen LogP contribution in [0.25, 0.3) is 5.65 Å². The van der Waals surface area contributed by atoms with E-state index in [1.54, 1.807) is 47.3 Å². The van der Waals surface area contributed by atoms with Gasteiger partial charge in [-0.05, 0) is 57.0 Å². The number of hydrogen-bond donors (Lipinski definition) is 2. The number of pyridine rings is 1. The zero-order valence-corrected chi connectivity index (χ0v) is 19.3. The van der Waals surface area contributed by atoms with Crippen LogP contribution in [0.15, 0.2) is 42.6 Å². The quantitative estimate of drug-likeness (QED) is 0.408. The second-order valence-corrected chi connectivity index (χ2v) is 8.46. The Morgan fingerprint density at radius 3 is 2.68 bits per heavy atom. The normalized spacial score (nSPS) is 13.1. The van der Waals surface area contributed by atoms with Gasteiger partial charge in [0.25, 0.3) is 5.91 Å². The molecular weight excluding hydrogens is 458 g/mol. The summed E-state index contributed by atoms with van der Waals surface area (Å²) < 4.78 is 9.12. The Balaban J connectivity index is 1.32. The Kier molecular flexibility index (Phi) is 5.66. The van der Waals surface area contributed by atoms with Crippen molar-refractivity contribution in [2.24, 2.45) is 5.92 Å². The second kappa shape index (κ2) is 8.79. The average molecular weight is 480 g/mol. The zero-order valence-electron chi connectivity index (χ0n) is 18.6. The molecule has 2 amide bonds. The summed E-state index contributed by atoms with van der Waals surface area (Å²) in [5, 5.41) is 14.5. The smallest absolute Gasteiger partial charge is 0.273 e. The number of carbonyl (C=O) groups excluding carboxylic acids is 2. The van der Waals surface area contributed by atoms with Crippen LogP contribution in [-0.4, -0.2) is 36.2 Å². The van der Waals surface area contributed by atoms with Gasteiger partial charge in [0.1, 0.15) is 17.2 Å². The lowest BCUT2D eigenvalue weighted by atomic mass is 10.2. The van der Waals surface area contributed by atoms with E-state index < -0.39 is 0 Å². The number of nitrogens with one attached hydrogen (secondary N) is 2. The first-order valence-electron chi connectivity index (χ1n) is 10.9. The van der Waals surface area contributed by atoms with E-state index in [0.29, 0.717) is 40.1 Å². The summed E-state index contributed by atoms with van der Waals surface area (Å²) in [7, 11) is 0. The van der Waals surface area contributed by atoms with Crippen LogP contribution in [0, 0.1) is 12.8 Å². The van der Waals surface area contributed by atoms with E-state index in [9.17, 15) is 9.59 Å². The monoisotopic (exact) mass is 479 g/mol. The van der Waals surface area contributed by atoms with Crippen molar-refractivity contribution in [2.75, 3.05) is 10.6 Å². The van der Waals surface area contributed by atoms with Crippen molar-refractivity contribution in [3.8, 4) is 11.5 Å². The van der Waals surface area contributed by atoms with Gasteiger partial charge in [0, 0.05) is 18.5 Å². The largest absolute Gasteiger partial charge is 0.456 e. The van der Waals surface area contributed by atoms with Crippen LogP contribution in [0.3, 0.4) is 0 Å². The number of halogens is 1. The summed E-state index contributed by atoms with van der Waals surface area (Å²) in [5.41, 5.74) is 2.19. The molecule has 0 unspecified atom stereocenters. The molecule has 1 aliphatic rings. The van der Waals surface area contributed by atoms with Crippen molar-refractivity contribution in [3.05, 3.63) is 59.0 Å². The molecule has 11 heteroatoms. The molecule has 3 aromatic heterocycles. The van der Waals surface area contributed by atoms with Gasteiger partial charge in [-0.1, -0.05) is 11.6 Å². The molecule has 0 radical (unpaired) electrons. The molecule has 5 rings (SSSR count). The lowest BCUT2D eigenvalue weighted by molar-refractivity contribution is -0.117. The third kappa shape index (κ3) is 4.58. The first-order chi connectivity index (χ1) is 16.4. The molecule has 0 saturated heterocycles. The topological polar surface area (TPSA) is 115 Å². The molecule has 0 spiro atoms. The number of anilines is 2. The van der Waals surface area contributed by atoms with Crippen molar-refractivity contribution in [1.82, 2.24) is 24.4 Å². The standard InChI is InChI=1S/C23H22ClN7O3/c1-3-30-19(10-13(2)28-30)22(33)25-18-11-15(6-8-17(18)24)34-16-7-9-20-26-23(29-31(20)12-16)27-21(32)14-4-5-14/h6-12,14H,3-5H2,1-2H3,(H,25,33)(H,27,29,32). The van der Waals surface area contributed by atoms with Gasteiger partial charge in [0.2, 0.25) is 11.9 Å². The van der Waals surface area contributed by atoms with Crippen molar-refractivity contribution >= 4 is 40.7 Å². The van der Waals surface area contributed by atoms with E-state index >= 15 is 0 Å². The first kappa shape index (κ1) is 21.9. The number of amides is 2. The number of aromatic nitrogens is 5. The maximum absolute atomic E-state index is 12.8. The SMILES string of the molecule is CCn1nc(C)cc1C(=O)Nc1cc(Oc2ccc3nc(NC(=O)C4CC4)nn3c2)ccc1Cl. The number of carbonyl (C=O) groups is 2. The summed E-state index contributed by atoms with van der Waals surface area (Å²) in [6.07, 6.45) is 3.47. The second-order valence-electron chi connectivity index (χ2n) is 8.05. The van der Waals surface area contributed by atoms with Crippen molar-refractivity contribution in [2.45, 2.75) is 33.2 Å². The summed E-state index contributed by atoms with van der Waals surface area (Å²) >= 11 is 6.31. The highest BCUT2D eigenvalue weighted by molar-refractivity contribution is 6.34. The molecule has 1 saturated carbocycles. The molecule has 4 aromatic rings. The number of benzene rings is 1. The minimum Gasteiger partial charge on any atom is -0.456 e. The van der Waals surface area contributed by atoms with Gasteiger partial charge in [0.05, 0.1) is 22.6 Å². The molecule has 2 N–H and O–H groups in total. The van der Waals surface area contributed by atoms with Crippen LogP contribution >= 0.6 is 11.6 Å². The van der Waals surface area contributed by atoms with Gasteiger partial charge in [0.15, 0.2) is 5.65 Å². The fourth-order valence-corrected chi connectivity index (χ4v) is 3.66. The molecule has 0 aliphatic heterocycles. The number of hydrogen-bond acceptors (Lipinski definition) is 6. The Bertz CT molecular complexity index is 1410. The van der Waals surface area contributed by atoms with Crippen molar-refractivity contribution < 1.29 is 14.3 Å². The van der Waals surface area contributed by atoms with Crippen LogP contribution in [0.1, 0.15) is 35.9 Å². The van der Waals surface area contributed by atoms with Crippen molar-refractivity contribution in [1.29, 1.82) is 0 Å². The lowest BCUT2D eigenvalue weighted by Gasteiger charge is -2.11. The maximum atomic E-state index is 12.8. The molecule has 3 heterocycles. The van der Waals surface area contributed by atoms with Crippen LogP contribution in [-0.2, 0) is 11.3 Å². The summed E-state index contributed by atoms with van der Waals surface area (Å²) in [6, 6.07) is 10.2. The minimum absolute atomic E-state index is 0.0553. The Morgan fingerprint density at radius 1 is 1.12 bits per heavy atom. The highest BCUT2D eigenvalue weighted by Gasteiger charge is 2.30. The van der Waals surface area contributed by atoms with Gasteiger partial charge >= 0.3 is 0 Å². The number of nitrogens with zero attached hydrogens (tertiary/aromatic N) is 5. The van der Waals surface area contributed by atoms with Crippen LogP contribution < -0.4 is 15.4 Å². The van der Waals surface area contributed by atoms with E-state index in [0.717, 1.165) is 18.5 Å². The van der Waals surface area contributed by atoms with Gasteiger partial charge in [-0.2, -0.15) is 10.1 Å². The Hall–Kier alpha value is -3.92. The van der Waals surface area contributed by atoms with Crippen LogP contribution in [0.4, 0.5) is 11.6 Å². The zero-order chi connectivity index (χ0) is 23.8. The minimum atomic E-state index is -0.314. The number of rotatable bonds is 7. The molecule has 0 bridgehead atoms. The predicted molar refractivity (Wildman–Crippen MR) is 126 cm³/mol. The lowest BCUT2D eigenvalue weighted by Crippen LogP contribution is -2.17. The molecule has 1 aromatic carbocycles. The molecule has 10 nitrogen and oxygen atoms in total. The van der Waals surface area contributed by atoms with Gasteiger partial charge < -0.3 is 10.1 Å². The van der Waals surface area contributed by atoms with E-state index in [1.165, 1.54) is 4.52 Å². The highest BCUT2D eigenvalue weighted by atomic mass is 35.5. The molecular formula is C23H22ClN7O3. The number of aryl methyl sites for hydroxylation is 2. The van der Waals surface area contributed by atoms with E-state index in [4.69, 9.17) is 16.3 Å². The molecule has 1 aliphatic carbocycles. The van der Waals surface area contributed by atoms with Gasteiger partial charge in [-0.3, -0.25) is 19.6 Å². The van der Waals surface area contributed by atoms with E-state index in [-0.39, 0.29) is 23.7 Å². The van der Waals surface area contributed by atoms with Crippen molar-refractivity contribution in [3.63, 3.8) is 0 Å². The van der Waals surface area contributed by atoms with Gasteiger partial charge in [-0.15, -0.1) is 5.10 Å². The fourth-order valence-electron chi connectivity index (χ4n) is 3.49. The molecule has 1 fully saturated rings. The first-order valence-corrected chi connectivity index (χ1v) is 11.3. The van der Waals surface area contributed by atoms with Crippen LogP contribution in [0.2, 0.25) is 5.02 Å². The summed E-state index contributed by atoms with van der Waals surface area (Å²) in [6.45, 7) is 4.32. The number of fused-ring (bicyclic) bond motifs is 1. The summed E-state index contributed by atoms with van der Waals surface area (Å²) in [4.78, 5) is 29.0. The highest BCUT2D eigenvalue weighted by Crippen LogP contribution is 2.31. The summed E-state index contributed by atoms with van der Waals surface area (Å²) in [5.74, 6) is 0.925. The van der Waals surface area contributed by atoms with E-state index in [2.05, 4.69) is 25.8 Å². The predicted octanol–water partition coefficient (Wildman–Crippen LogP) is 4.30. The third-order valence-electron chi connectivity index (χ3n) is 5.34. The number of ether oxygens (including phenoxy) is 1. The molecule has 174 valence electrons. The third-order valence-corrected chi connectivity index (χ3v) is 5.67. The Labute approximate surface area is 199 Å². The molecule has 0 atom stereocenters. The average Bonchev–Trinajstić information content (AvgIpc) is 3.48. The fraction of sp³-hybridized carbons (Fsp3) is 0.261. The maximum Gasteiger partial charge on any atom is 0.273 e. The Morgan fingerprint density at radius 2 is 1.91 bits per heavy atom. The van der Waals surface area contributed by atoms with E-state index in [1.807, 2.05) is 13.8 Å². The molecule has 34 heavy (non-hydrogen) atoms. The van der Waals surface area contributed by atoms with Crippen LogP contribution in [0.5, 0.6) is 11.5 Å². The van der Waals surface area contributed by atoms with Gasteiger partial charge in [-0.25, -0.2) is 4.52 Å².